The van der Waals surface area contributed by atoms with Gasteiger partial charge < -0.3 is 4.74 Å². The molecular weight excluding hydrogens is 432 g/mol. The molecule has 6 heteroatoms. The van der Waals surface area contributed by atoms with Crippen LogP contribution in [0.4, 0.5) is 0 Å². The fourth-order valence-electron chi connectivity index (χ4n) is 2.89. The molecule has 0 saturated heterocycles. The van der Waals surface area contributed by atoms with Gasteiger partial charge in [0.1, 0.15) is 5.75 Å². The Morgan fingerprint density at radius 1 is 1.07 bits per heavy atom. The Balaban J connectivity index is 1.94. The van der Waals surface area contributed by atoms with Crippen molar-refractivity contribution in [3.8, 4) is 5.75 Å². The van der Waals surface area contributed by atoms with Gasteiger partial charge in [-0.25, -0.2) is 0 Å². The van der Waals surface area contributed by atoms with Gasteiger partial charge in [-0.2, -0.15) is 0 Å². The van der Waals surface area contributed by atoms with Crippen LogP contribution in [-0.4, -0.2) is 18.4 Å². The molecule has 0 aromatic heterocycles. The number of hydrogen-bond donors (Lipinski definition) is 2. The lowest BCUT2D eigenvalue weighted by Gasteiger charge is -2.21. The van der Waals surface area contributed by atoms with E-state index >= 15 is 0 Å². The summed E-state index contributed by atoms with van der Waals surface area (Å²) in [5.41, 5.74) is 8.44. The smallest absolute Gasteiger partial charge is 0.276 e. The average molecular weight is 461 g/mol. The summed E-state index contributed by atoms with van der Waals surface area (Å²) in [6, 6.07) is 11.3. The maximum Gasteiger partial charge on any atom is 0.276 e. The van der Waals surface area contributed by atoms with Gasteiger partial charge in [-0.1, -0.05) is 68.7 Å². The van der Waals surface area contributed by atoms with Crippen molar-refractivity contribution in [2.45, 2.75) is 52.9 Å². The molecule has 2 rings (SSSR count). The van der Waals surface area contributed by atoms with Gasteiger partial charge in [-0.15, -0.1) is 0 Å². The molecule has 0 bridgehead atoms. The molecule has 2 aromatic rings. The topological polar surface area (TPSA) is 67.4 Å². The van der Waals surface area contributed by atoms with Crippen molar-refractivity contribution in [1.82, 2.24) is 10.9 Å². The van der Waals surface area contributed by atoms with Crippen molar-refractivity contribution < 1.29 is 14.3 Å². The van der Waals surface area contributed by atoms with Crippen LogP contribution in [0.25, 0.3) is 0 Å². The third-order valence-corrected chi connectivity index (χ3v) is 5.16. The first-order valence-electron chi connectivity index (χ1n) is 9.61. The summed E-state index contributed by atoms with van der Waals surface area (Å²) < 4.78 is 6.54. The summed E-state index contributed by atoms with van der Waals surface area (Å²) >= 11 is 3.52. The van der Waals surface area contributed by atoms with Crippen LogP contribution in [0.15, 0.2) is 40.9 Å². The van der Waals surface area contributed by atoms with Crippen molar-refractivity contribution in [2.24, 2.45) is 0 Å². The summed E-state index contributed by atoms with van der Waals surface area (Å²) in [7, 11) is 0. The Morgan fingerprint density at radius 2 is 1.76 bits per heavy atom. The summed E-state index contributed by atoms with van der Waals surface area (Å²) in [5.74, 6) is 0.143. The number of carbonyl (C=O) groups is 2. The minimum atomic E-state index is -0.431. The van der Waals surface area contributed by atoms with Crippen LogP contribution < -0.4 is 15.6 Å². The quantitative estimate of drug-likeness (QED) is 0.615. The zero-order chi connectivity index (χ0) is 21.8. The van der Waals surface area contributed by atoms with Crippen LogP contribution in [0.5, 0.6) is 5.75 Å². The SMILES string of the molecule is Cc1ccc(C(C)C)c(OCC(=O)NNC(=O)c2ccc(C(C)(C)C)c(Br)c2)c1. The molecule has 0 aliphatic carbocycles. The second kappa shape index (κ2) is 9.44. The molecule has 0 radical (unpaired) electrons. The Morgan fingerprint density at radius 3 is 2.34 bits per heavy atom. The summed E-state index contributed by atoms with van der Waals surface area (Å²) in [6.45, 7) is 12.2. The van der Waals surface area contributed by atoms with Crippen molar-refractivity contribution >= 4 is 27.7 Å². The lowest BCUT2D eigenvalue weighted by atomic mass is 9.86. The second-order valence-electron chi connectivity index (χ2n) is 8.43. The summed E-state index contributed by atoms with van der Waals surface area (Å²) in [6.07, 6.45) is 0. The van der Waals surface area contributed by atoms with Gasteiger partial charge in [-0.3, -0.25) is 20.4 Å². The van der Waals surface area contributed by atoms with Crippen LogP contribution in [-0.2, 0) is 10.2 Å². The second-order valence-corrected chi connectivity index (χ2v) is 9.29. The third kappa shape index (κ3) is 6.32. The van der Waals surface area contributed by atoms with E-state index in [2.05, 4.69) is 61.4 Å². The Kier molecular flexibility index (Phi) is 7.47. The molecule has 156 valence electrons. The fourth-order valence-corrected chi connectivity index (χ4v) is 3.86. The van der Waals surface area contributed by atoms with Crippen molar-refractivity contribution in [1.29, 1.82) is 0 Å². The highest BCUT2D eigenvalue weighted by Gasteiger charge is 2.18. The average Bonchev–Trinajstić information content (AvgIpc) is 2.63. The number of aryl methyl sites for hydroxylation is 1. The molecule has 0 heterocycles. The first-order valence-corrected chi connectivity index (χ1v) is 10.4. The van der Waals surface area contributed by atoms with E-state index in [9.17, 15) is 9.59 Å². The zero-order valence-electron chi connectivity index (χ0n) is 17.9. The van der Waals surface area contributed by atoms with E-state index in [1.54, 1.807) is 12.1 Å². The van der Waals surface area contributed by atoms with Gasteiger partial charge >= 0.3 is 0 Å². The van der Waals surface area contributed by atoms with Gasteiger partial charge in [0.05, 0.1) is 0 Å². The maximum absolute atomic E-state index is 12.3. The summed E-state index contributed by atoms with van der Waals surface area (Å²) in [4.78, 5) is 24.4. The van der Waals surface area contributed by atoms with E-state index in [4.69, 9.17) is 4.74 Å². The molecule has 2 N–H and O–H groups in total. The van der Waals surface area contributed by atoms with Crippen LogP contribution >= 0.6 is 15.9 Å². The predicted octanol–water partition coefficient (Wildman–Crippen LogP) is 5.02. The van der Waals surface area contributed by atoms with E-state index < -0.39 is 11.8 Å². The molecule has 2 amide bonds. The van der Waals surface area contributed by atoms with Crippen LogP contribution in [0.1, 0.15) is 67.6 Å². The molecule has 0 saturated carbocycles. The third-order valence-electron chi connectivity index (χ3n) is 4.50. The predicted molar refractivity (Wildman–Crippen MR) is 119 cm³/mol. The zero-order valence-corrected chi connectivity index (χ0v) is 19.4. The van der Waals surface area contributed by atoms with E-state index in [1.807, 2.05) is 31.2 Å². The molecule has 0 spiro atoms. The van der Waals surface area contributed by atoms with Gasteiger partial charge in [0.15, 0.2) is 6.61 Å². The van der Waals surface area contributed by atoms with Gasteiger partial charge in [0.25, 0.3) is 11.8 Å². The number of hydrogen-bond acceptors (Lipinski definition) is 3. The largest absolute Gasteiger partial charge is 0.483 e. The number of carbonyl (C=O) groups excluding carboxylic acids is 2. The highest BCUT2D eigenvalue weighted by Crippen LogP contribution is 2.30. The first-order chi connectivity index (χ1) is 13.5. The monoisotopic (exact) mass is 460 g/mol. The molecule has 2 aromatic carbocycles. The van der Waals surface area contributed by atoms with Gasteiger partial charge in [-0.05, 0) is 53.1 Å². The Labute approximate surface area is 181 Å². The molecule has 5 nitrogen and oxygen atoms in total. The minimum absolute atomic E-state index is 0.0377. The number of nitrogens with one attached hydrogen (secondary N) is 2. The molecule has 29 heavy (non-hydrogen) atoms. The van der Waals surface area contributed by atoms with Gasteiger partial charge in [0.2, 0.25) is 0 Å². The van der Waals surface area contributed by atoms with E-state index in [0.29, 0.717) is 11.3 Å². The first kappa shape index (κ1) is 22.9. The maximum atomic E-state index is 12.3. The number of hydrazine groups is 1. The molecular formula is C23H29BrN2O3. The minimum Gasteiger partial charge on any atom is -0.483 e. The number of ether oxygens (including phenoxy) is 1. The highest BCUT2D eigenvalue weighted by atomic mass is 79.9. The molecule has 0 aliphatic heterocycles. The van der Waals surface area contributed by atoms with Gasteiger partial charge in [0, 0.05) is 10.0 Å². The van der Waals surface area contributed by atoms with Crippen molar-refractivity contribution in [3.63, 3.8) is 0 Å². The molecule has 0 atom stereocenters. The normalized spacial score (nSPS) is 11.3. The fraction of sp³-hybridized carbons (Fsp3) is 0.391. The Hall–Kier alpha value is -2.34. The number of rotatable bonds is 5. The van der Waals surface area contributed by atoms with Crippen molar-refractivity contribution in [3.05, 3.63) is 63.1 Å². The van der Waals surface area contributed by atoms with E-state index in [-0.39, 0.29) is 17.9 Å². The molecule has 0 unspecified atom stereocenters. The van der Waals surface area contributed by atoms with Crippen LogP contribution in [0, 0.1) is 6.92 Å². The lowest BCUT2D eigenvalue weighted by Crippen LogP contribution is -2.43. The van der Waals surface area contributed by atoms with Crippen molar-refractivity contribution in [2.75, 3.05) is 6.61 Å². The molecule has 0 aliphatic rings. The standard InChI is InChI=1S/C23H29BrN2O3/c1-14(2)17-9-7-15(3)11-20(17)29-13-21(27)25-26-22(28)16-8-10-18(19(24)12-16)23(4,5)6/h7-12,14H,13H2,1-6H3,(H,25,27)(H,26,28). The van der Waals surface area contributed by atoms with E-state index in [0.717, 1.165) is 21.2 Å². The number of amides is 2. The lowest BCUT2D eigenvalue weighted by molar-refractivity contribution is -0.123. The van der Waals surface area contributed by atoms with Crippen LogP contribution in [0.3, 0.4) is 0 Å². The number of halogens is 1. The Bertz CT molecular complexity index is 901. The van der Waals surface area contributed by atoms with E-state index in [1.165, 1.54) is 0 Å². The number of benzene rings is 2. The van der Waals surface area contributed by atoms with Crippen LogP contribution in [0.2, 0.25) is 0 Å². The molecule has 0 fully saturated rings. The highest BCUT2D eigenvalue weighted by molar-refractivity contribution is 9.10. The summed E-state index contributed by atoms with van der Waals surface area (Å²) in [5, 5.41) is 0.